The highest BCUT2D eigenvalue weighted by molar-refractivity contribution is 7.09. The minimum atomic E-state index is -0.336. The Morgan fingerprint density at radius 3 is 3.17 bits per heavy atom. The first-order chi connectivity index (χ1) is 5.84. The van der Waals surface area contributed by atoms with Crippen LogP contribution < -0.4 is 0 Å². The third-order valence-electron chi connectivity index (χ3n) is 1.67. The number of rotatable bonds is 5. The van der Waals surface area contributed by atoms with E-state index >= 15 is 0 Å². The standard InChI is InChI=1S/C9H13NOS/c1-2-3-4-5-8(11)9-6-10-7-12-9/h2,6-8,11H,1,3-5H2. The van der Waals surface area contributed by atoms with E-state index in [1.165, 1.54) is 11.3 Å². The molecule has 0 fully saturated rings. The molecule has 0 bridgehead atoms. The van der Waals surface area contributed by atoms with Crippen LogP contribution in [-0.4, -0.2) is 10.1 Å². The van der Waals surface area contributed by atoms with E-state index in [2.05, 4.69) is 11.6 Å². The van der Waals surface area contributed by atoms with Gasteiger partial charge in [0.25, 0.3) is 0 Å². The van der Waals surface area contributed by atoms with Gasteiger partial charge in [0.1, 0.15) is 0 Å². The van der Waals surface area contributed by atoms with Gasteiger partial charge in [-0.3, -0.25) is 4.98 Å². The number of thiazole rings is 1. The predicted molar refractivity (Wildman–Crippen MR) is 51.1 cm³/mol. The summed E-state index contributed by atoms with van der Waals surface area (Å²) in [4.78, 5) is 4.87. The summed E-state index contributed by atoms with van der Waals surface area (Å²) in [6.07, 6.45) is 6.02. The summed E-state index contributed by atoms with van der Waals surface area (Å²) < 4.78 is 0. The number of aliphatic hydroxyl groups excluding tert-OH is 1. The van der Waals surface area contributed by atoms with Crippen LogP contribution in [0.4, 0.5) is 0 Å². The lowest BCUT2D eigenvalue weighted by Crippen LogP contribution is -1.93. The number of aromatic nitrogens is 1. The Morgan fingerprint density at radius 2 is 2.58 bits per heavy atom. The number of aliphatic hydroxyl groups is 1. The molecular weight excluding hydrogens is 170 g/mol. The fraction of sp³-hybridized carbons (Fsp3) is 0.444. The maximum Gasteiger partial charge on any atom is 0.0898 e. The molecule has 1 heterocycles. The zero-order valence-electron chi connectivity index (χ0n) is 6.94. The summed E-state index contributed by atoms with van der Waals surface area (Å²) in [6, 6.07) is 0. The first-order valence-electron chi connectivity index (χ1n) is 4.02. The second kappa shape index (κ2) is 5.06. The van der Waals surface area contributed by atoms with Gasteiger partial charge in [0.15, 0.2) is 0 Å². The molecule has 1 aromatic heterocycles. The molecule has 0 aliphatic rings. The van der Waals surface area contributed by atoms with E-state index < -0.39 is 0 Å². The van der Waals surface area contributed by atoms with Crippen LogP contribution in [-0.2, 0) is 0 Å². The lowest BCUT2D eigenvalue weighted by Gasteiger charge is -2.05. The third-order valence-corrected chi connectivity index (χ3v) is 2.54. The fourth-order valence-corrected chi connectivity index (χ4v) is 1.63. The van der Waals surface area contributed by atoms with Crippen LogP contribution >= 0.6 is 11.3 Å². The smallest absolute Gasteiger partial charge is 0.0898 e. The normalized spacial score (nSPS) is 12.8. The average Bonchev–Trinajstić information content (AvgIpc) is 2.56. The van der Waals surface area contributed by atoms with Gasteiger partial charge in [-0.25, -0.2) is 0 Å². The Labute approximate surface area is 76.6 Å². The van der Waals surface area contributed by atoms with Crippen molar-refractivity contribution in [2.24, 2.45) is 0 Å². The molecule has 0 aromatic carbocycles. The van der Waals surface area contributed by atoms with Gasteiger partial charge in [0, 0.05) is 6.20 Å². The van der Waals surface area contributed by atoms with Gasteiger partial charge in [-0.1, -0.05) is 6.08 Å². The zero-order valence-corrected chi connectivity index (χ0v) is 7.76. The Bertz CT molecular complexity index is 220. The van der Waals surface area contributed by atoms with Crippen molar-refractivity contribution < 1.29 is 5.11 Å². The lowest BCUT2D eigenvalue weighted by atomic mass is 10.1. The Morgan fingerprint density at radius 1 is 1.75 bits per heavy atom. The molecule has 0 saturated heterocycles. The van der Waals surface area contributed by atoms with Crippen molar-refractivity contribution in [3.8, 4) is 0 Å². The second-order valence-corrected chi connectivity index (χ2v) is 3.56. The molecule has 1 aromatic rings. The van der Waals surface area contributed by atoms with E-state index in [0.717, 1.165) is 24.1 Å². The van der Waals surface area contributed by atoms with Gasteiger partial charge in [-0.05, 0) is 19.3 Å². The topological polar surface area (TPSA) is 33.1 Å². The highest BCUT2D eigenvalue weighted by Crippen LogP contribution is 2.21. The summed E-state index contributed by atoms with van der Waals surface area (Å²) in [5.74, 6) is 0. The molecule has 1 atom stereocenters. The van der Waals surface area contributed by atoms with Crippen molar-refractivity contribution >= 4 is 11.3 Å². The van der Waals surface area contributed by atoms with E-state index in [4.69, 9.17) is 0 Å². The van der Waals surface area contributed by atoms with Crippen molar-refractivity contribution in [2.45, 2.75) is 25.4 Å². The van der Waals surface area contributed by atoms with Crippen molar-refractivity contribution in [3.05, 3.63) is 29.2 Å². The van der Waals surface area contributed by atoms with E-state index in [0.29, 0.717) is 0 Å². The number of nitrogens with zero attached hydrogens (tertiary/aromatic N) is 1. The second-order valence-electron chi connectivity index (χ2n) is 2.64. The van der Waals surface area contributed by atoms with Crippen LogP contribution in [0.25, 0.3) is 0 Å². The summed E-state index contributed by atoms with van der Waals surface area (Å²) in [6.45, 7) is 3.63. The molecule has 0 radical (unpaired) electrons. The molecular formula is C9H13NOS. The molecule has 0 amide bonds. The number of hydrogen-bond acceptors (Lipinski definition) is 3. The Balaban J connectivity index is 2.29. The largest absolute Gasteiger partial charge is 0.388 e. The Kier molecular flexibility index (Phi) is 3.97. The van der Waals surface area contributed by atoms with Gasteiger partial charge in [0.2, 0.25) is 0 Å². The predicted octanol–water partition coefficient (Wildman–Crippen LogP) is 2.53. The minimum absolute atomic E-state index is 0.336. The third kappa shape index (κ3) is 2.75. The zero-order chi connectivity index (χ0) is 8.81. The van der Waals surface area contributed by atoms with Gasteiger partial charge >= 0.3 is 0 Å². The monoisotopic (exact) mass is 183 g/mol. The molecule has 1 N–H and O–H groups in total. The van der Waals surface area contributed by atoms with Crippen LogP contribution in [0, 0.1) is 0 Å². The van der Waals surface area contributed by atoms with Crippen molar-refractivity contribution in [2.75, 3.05) is 0 Å². The average molecular weight is 183 g/mol. The van der Waals surface area contributed by atoms with Crippen LogP contribution in [0.15, 0.2) is 24.4 Å². The summed E-state index contributed by atoms with van der Waals surface area (Å²) >= 11 is 1.50. The van der Waals surface area contributed by atoms with Crippen LogP contribution in [0.1, 0.15) is 30.2 Å². The van der Waals surface area contributed by atoms with Crippen LogP contribution in [0.5, 0.6) is 0 Å². The van der Waals surface area contributed by atoms with E-state index in [-0.39, 0.29) is 6.10 Å². The maximum absolute atomic E-state index is 9.57. The SMILES string of the molecule is C=CCCCC(O)c1cncs1. The molecule has 3 heteroatoms. The molecule has 2 nitrogen and oxygen atoms in total. The number of unbranched alkanes of at least 4 members (excludes halogenated alkanes) is 1. The molecule has 0 saturated carbocycles. The molecule has 0 spiro atoms. The highest BCUT2D eigenvalue weighted by atomic mass is 32.1. The van der Waals surface area contributed by atoms with Gasteiger partial charge in [0.05, 0.1) is 16.5 Å². The first-order valence-corrected chi connectivity index (χ1v) is 4.90. The molecule has 0 aliphatic heterocycles. The number of hydrogen-bond donors (Lipinski definition) is 1. The molecule has 66 valence electrons. The van der Waals surface area contributed by atoms with Crippen LogP contribution in [0.2, 0.25) is 0 Å². The quantitative estimate of drug-likeness (QED) is 0.562. The van der Waals surface area contributed by atoms with Gasteiger partial charge in [-0.15, -0.1) is 17.9 Å². The van der Waals surface area contributed by atoms with Crippen LogP contribution in [0.3, 0.4) is 0 Å². The summed E-state index contributed by atoms with van der Waals surface area (Å²) in [5.41, 5.74) is 1.74. The fourth-order valence-electron chi connectivity index (χ4n) is 0.988. The molecule has 12 heavy (non-hydrogen) atoms. The minimum Gasteiger partial charge on any atom is -0.388 e. The van der Waals surface area contributed by atoms with Gasteiger partial charge < -0.3 is 5.11 Å². The van der Waals surface area contributed by atoms with E-state index in [1.807, 2.05) is 6.08 Å². The van der Waals surface area contributed by atoms with E-state index in [9.17, 15) is 5.11 Å². The summed E-state index contributed by atoms with van der Waals surface area (Å²) in [5, 5.41) is 9.57. The van der Waals surface area contributed by atoms with E-state index in [1.54, 1.807) is 11.7 Å². The first kappa shape index (κ1) is 9.42. The molecule has 0 aliphatic carbocycles. The van der Waals surface area contributed by atoms with Crippen molar-refractivity contribution in [1.29, 1.82) is 0 Å². The van der Waals surface area contributed by atoms with Crippen molar-refractivity contribution in [3.63, 3.8) is 0 Å². The lowest BCUT2D eigenvalue weighted by molar-refractivity contribution is 0.168. The highest BCUT2D eigenvalue weighted by Gasteiger charge is 2.07. The Hall–Kier alpha value is -0.670. The molecule has 1 unspecified atom stereocenters. The maximum atomic E-state index is 9.57. The summed E-state index contributed by atoms with van der Waals surface area (Å²) in [7, 11) is 0. The van der Waals surface area contributed by atoms with Crippen molar-refractivity contribution in [1.82, 2.24) is 4.98 Å². The number of allylic oxidation sites excluding steroid dienone is 1. The molecule has 1 rings (SSSR count). The van der Waals surface area contributed by atoms with Gasteiger partial charge in [-0.2, -0.15) is 0 Å².